The number of aromatic nitrogens is 1. The Morgan fingerprint density at radius 2 is 1.89 bits per heavy atom. The SMILES string of the molecule is CCOc1ccc(NC(C)c2ccc(C)cc2)cn1. The van der Waals surface area contributed by atoms with Gasteiger partial charge in [-0.1, -0.05) is 29.8 Å². The van der Waals surface area contributed by atoms with E-state index in [9.17, 15) is 0 Å². The number of benzene rings is 1. The van der Waals surface area contributed by atoms with E-state index in [4.69, 9.17) is 4.74 Å². The fraction of sp³-hybridized carbons (Fsp3) is 0.312. The predicted octanol–water partition coefficient (Wildman–Crippen LogP) is 3.96. The zero-order chi connectivity index (χ0) is 13.7. The minimum Gasteiger partial charge on any atom is -0.478 e. The van der Waals surface area contributed by atoms with Gasteiger partial charge in [0.25, 0.3) is 0 Å². The van der Waals surface area contributed by atoms with E-state index in [0.717, 1.165) is 5.69 Å². The van der Waals surface area contributed by atoms with Gasteiger partial charge < -0.3 is 10.1 Å². The highest BCUT2D eigenvalue weighted by molar-refractivity contribution is 5.44. The molecule has 1 aromatic heterocycles. The molecule has 100 valence electrons. The monoisotopic (exact) mass is 256 g/mol. The van der Waals surface area contributed by atoms with Crippen molar-refractivity contribution in [2.75, 3.05) is 11.9 Å². The second-order valence-corrected chi connectivity index (χ2v) is 4.59. The third kappa shape index (κ3) is 3.71. The largest absolute Gasteiger partial charge is 0.478 e. The molecular formula is C16H20N2O. The average molecular weight is 256 g/mol. The van der Waals surface area contributed by atoms with Crippen molar-refractivity contribution in [3.63, 3.8) is 0 Å². The number of aryl methyl sites for hydroxylation is 1. The summed E-state index contributed by atoms with van der Waals surface area (Å²) in [6, 6.07) is 12.7. The minimum absolute atomic E-state index is 0.250. The van der Waals surface area contributed by atoms with Gasteiger partial charge in [0.1, 0.15) is 0 Å². The number of pyridine rings is 1. The number of ether oxygens (including phenoxy) is 1. The van der Waals surface area contributed by atoms with E-state index < -0.39 is 0 Å². The summed E-state index contributed by atoms with van der Waals surface area (Å²) < 4.78 is 5.32. The number of nitrogens with zero attached hydrogens (tertiary/aromatic N) is 1. The van der Waals surface area contributed by atoms with E-state index in [1.54, 1.807) is 6.20 Å². The Morgan fingerprint density at radius 1 is 1.16 bits per heavy atom. The first-order valence-electron chi connectivity index (χ1n) is 6.61. The molecule has 1 atom stereocenters. The zero-order valence-corrected chi connectivity index (χ0v) is 11.7. The standard InChI is InChI=1S/C16H20N2O/c1-4-19-16-10-9-15(11-17-16)18-13(3)14-7-5-12(2)6-8-14/h5-11,13,18H,4H2,1-3H3. The molecule has 1 aromatic carbocycles. The van der Waals surface area contributed by atoms with E-state index in [1.165, 1.54) is 11.1 Å². The van der Waals surface area contributed by atoms with Crippen molar-refractivity contribution in [3.05, 3.63) is 53.7 Å². The number of hydrogen-bond acceptors (Lipinski definition) is 3. The van der Waals surface area contributed by atoms with E-state index in [0.29, 0.717) is 12.5 Å². The first-order valence-corrected chi connectivity index (χ1v) is 6.61. The third-order valence-electron chi connectivity index (χ3n) is 2.99. The van der Waals surface area contributed by atoms with Crippen LogP contribution in [-0.2, 0) is 0 Å². The van der Waals surface area contributed by atoms with Gasteiger partial charge in [-0.05, 0) is 32.4 Å². The molecule has 0 radical (unpaired) electrons. The molecule has 0 saturated carbocycles. The summed E-state index contributed by atoms with van der Waals surface area (Å²) in [5, 5.41) is 3.43. The van der Waals surface area contributed by atoms with Crippen molar-refractivity contribution < 1.29 is 4.74 Å². The lowest BCUT2D eigenvalue weighted by Gasteiger charge is -2.16. The molecule has 0 fully saturated rings. The van der Waals surface area contributed by atoms with Crippen molar-refractivity contribution in [3.8, 4) is 5.88 Å². The molecule has 1 N–H and O–H groups in total. The van der Waals surface area contributed by atoms with Crippen molar-refractivity contribution >= 4 is 5.69 Å². The van der Waals surface area contributed by atoms with Gasteiger partial charge in [-0.2, -0.15) is 0 Å². The van der Waals surface area contributed by atoms with Crippen LogP contribution in [0.4, 0.5) is 5.69 Å². The summed E-state index contributed by atoms with van der Waals surface area (Å²) in [4.78, 5) is 4.24. The lowest BCUT2D eigenvalue weighted by molar-refractivity contribution is 0.327. The molecule has 1 unspecified atom stereocenters. The summed E-state index contributed by atoms with van der Waals surface area (Å²) in [5.41, 5.74) is 3.54. The molecule has 0 aliphatic heterocycles. The number of nitrogens with one attached hydrogen (secondary N) is 1. The Morgan fingerprint density at radius 3 is 2.47 bits per heavy atom. The summed E-state index contributed by atoms with van der Waals surface area (Å²) in [6.45, 7) is 6.83. The lowest BCUT2D eigenvalue weighted by Crippen LogP contribution is -2.07. The highest BCUT2D eigenvalue weighted by Gasteiger charge is 2.05. The van der Waals surface area contributed by atoms with Crippen LogP contribution in [0.15, 0.2) is 42.6 Å². The number of anilines is 1. The fourth-order valence-corrected chi connectivity index (χ4v) is 1.89. The van der Waals surface area contributed by atoms with E-state index >= 15 is 0 Å². The van der Waals surface area contributed by atoms with Crippen molar-refractivity contribution in [1.29, 1.82) is 0 Å². The van der Waals surface area contributed by atoms with Gasteiger partial charge in [0.2, 0.25) is 5.88 Å². The van der Waals surface area contributed by atoms with Gasteiger partial charge in [-0.25, -0.2) is 4.98 Å². The van der Waals surface area contributed by atoms with Crippen LogP contribution in [0.3, 0.4) is 0 Å². The average Bonchev–Trinajstić information content (AvgIpc) is 2.42. The van der Waals surface area contributed by atoms with Crippen LogP contribution < -0.4 is 10.1 Å². The molecule has 2 aromatic rings. The molecule has 0 aliphatic carbocycles. The van der Waals surface area contributed by atoms with Gasteiger partial charge >= 0.3 is 0 Å². The van der Waals surface area contributed by atoms with Crippen molar-refractivity contribution in [2.24, 2.45) is 0 Å². The maximum atomic E-state index is 5.32. The smallest absolute Gasteiger partial charge is 0.213 e. The van der Waals surface area contributed by atoms with Crippen molar-refractivity contribution in [2.45, 2.75) is 26.8 Å². The Hall–Kier alpha value is -2.03. The van der Waals surface area contributed by atoms with Gasteiger partial charge in [0, 0.05) is 12.1 Å². The molecule has 0 aliphatic rings. The number of hydrogen-bond donors (Lipinski definition) is 1. The molecule has 0 saturated heterocycles. The Kier molecular flexibility index (Phi) is 4.39. The van der Waals surface area contributed by atoms with Crippen LogP contribution in [0, 0.1) is 6.92 Å². The van der Waals surface area contributed by atoms with Crippen LogP contribution in [0.5, 0.6) is 5.88 Å². The van der Waals surface area contributed by atoms with Gasteiger partial charge in [0.05, 0.1) is 18.5 Å². The molecule has 0 spiro atoms. The fourth-order valence-electron chi connectivity index (χ4n) is 1.89. The van der Waals surface area contributed by atoms with Crippen LogP contribution in [0.2, 0.25) is 0 Å². The van der Waals surface area contributed by atoms with E-state index in [-0.39, 0.29) is 6.04 Å². The Balaban J connectivity index is 2.01. The summed E-state index contributed by atoms with van der Waals surface area (Å²) in [5.74, 6) is 0.663. The highest BCUT2D eigenvalue weighted by atomic mass is 16.5. The van der Waals surface area contributed by atoms with E-state index in [1.807, 2.05) is 19.1 Å². The van der Waals surface area contributed by atoms with Crippen LogP contribution in [0.25, 0.3) is 0 Å². The molecule has 0 amide bonds. The lowest BCUT2D eigenvalue weighted by atomic mass is 10.1. The topological polar surface area (TPSA) is 34.1 Å². The van der Waals surface area contributed by atoms with Crippen LogP contribution >= 0.6 is 0 Å². The minimum atomic E-state index is 0.250. The highest BCUT2D eigenvalue weighted by Crippen LogP contribution is 2.20. The third-order valence-corrected chi connectivity index (χ3v) is 2.99. The second kappa shape index (κ2) is 6.23. The molecular weight excluding hydrogens is 236 g/mol. The molecule has 1 heterocycles. The molecule has 3 heteroatoms. The maximum Gasteiger partial charge on any atom is 0.213 e. The van der Waals surface area contributed by atoms with E-state index in [2.05, 4.69) is 48.4 Å². The van der Waals surface area contributed by atoms with Gasteiger partial charge in [-0.3, -0.25) is 0 Å². The quantitative estimate of drug-likeness (QED) is 0.879. The molecule has 0 bridgehead atoms. The molecule has 2 rings (SSSR count). The first-order chi connectivity index (χ1) is 9.19. The summed E-state index contributed by atoms with van der Waals surface area (Å²) in [7, 11) is 0. The predicted molar refractivity (Wildman–Crippen MR) is 78.6 cm³/mol. The second-order valence-electron chi connectivity index (χ2n) is 4.59. The Bertz CT molecular complexity index is 505. The first kappa shape index (κ1) is 13.4. The molecule has 3 nitrogen and oxygen atoms in total. The van der Waals surface area contributed by atoms with Crippen molar-refractivity contribution in [1.82, 2.24) is 4.98 Å². The van der Waals surface area contributed by atoms with Crippen LogP contribution in [-0.4, -0.2) is 11.6 Å². The van der Waals surface area contributed by atoms with Crippen LogP contribution in [0.1, 0.15) is 31.0 Å². The van der Waals surface area contributed by atoms with Gasteiger partial charge in [0.15, 0.2) is 0 Å². The Labute approximate surface area is 114 Å². The summed E-state index contributed by atoms with van der Waals surface area (Å²) >= 11 is 0. The summed E-state index contributed by atoms with van der Waals surface area (Å²) in [6.07, 6.45) is 1.80. The molecule has 19 heavy (non-hydrogen) atoms. The normalized spacial score (nSPS) is 11.9. The number of rotatable bonds is 5. The zero-order valence-electron chi connectivity index (χ0n) is 11.7. The van der Waals surface area contributed by atoms with Gasteiger partial charge in [-0.15, -0.1) is 0 Å². The maximum absolute atomic E-state index is 5.32.